The number of anilines is 1. The van der Waals surface area contributed by atoms with Crippen molar-refractivity contribution >= 4 is 23.2 Å². The van der Waals surface area contributed by atoms with Crippen LogP contribution in [0.15, 0.2) is 24.3 Å². The standard InChI is InChI=1S/C16H22ClN3O/c1-2-15-14-8-18-7-11(14)9-20(15)10-16(21)19-13-5-3-12(17)4-6-13/h3-6,11,14-15,18H,2,7-10H2,1H3,(H,19,21). The fraction of sp³-hybridized carbons (Fsp3) is 0.562. The highest BCUT2D eigenvalue weighted by Gasteiger charge is 2.43. The van der Waals surface area contributed by atoms with Gasteiger partial charge in [0, 0.05) is 23.3 Å². The number of halogens is 1. The molecule has 114 valence electrons. The molecule has 0 aromatic heterocycles. The zero-order valence-corrected chi connectivity index (χ0v) is 13.1. The molecule has 2 aliphatic heterocycles. The quantitative estimate of drug-likeness (QED) is 0.896. The van der Waals surface area contributed by atoms with Crippen LogP contribution in [0.3, 0.4) is 0 Å². The van der Waals surface area contributed by atoms with Crippen LogP contribution in [0, 0.1) is 11.8 Å². The highest BCUT2D eigenvalue weighted by Crippen LogP contribution is 2.33. The lowest BCUT2D eigenvalue weighted by Crippen LogP contribution is -2.40. The monoisotopic (exact) mass is 307 g/mol. The molecule has 3 atom stereocenters. The maximum absolute atomic E-state index is 12.2. The normalized spacial score (nSPS) is 28.6. The first-order valence-corrected chi connectivity index (χ1v) is 8.05. The summed E-state index contributed by atoms with van der Waals surface area (Å²) < 4.78 is 0. The van der Waals surface area contributed by atoms with Crippen molar-refractivity contribution in [3.05, 3.63) is 29.3 Å². The molecule has 1 amide bonds. The lowest BCUT2D eigenvalue weighted by atomic mass is 9.93. The summed E-state index contributed by atoms with van der Waals surface area (Å²) in [5.74, 6) is 1.47. The zero-order chi connectivity index (χ0) is 14.8. The number of carbonyl (C=O) groups is 1. The second-order valence-electron chi connectivity index (χ2n) is 6.04. The van der Waals surface area contributed by atoms with Crippen molar-refractivity contribution in [2.24, 2.45) is 11.8 Å². The summed E-state index contributed by atoms with van der Waals surface area (Å²) in [6.45, 7) is 5.92. The average molecular weight is 308 g/mol. The third kappa shape index (κ3) is 3.23. The molecule has 0 saturated carbocycles. The van der Waals surface area contributed by atoms with Crippen molar-refractivity contribution in [1.82, 2.24) is 10.2 Å². The largest absolute Gasteiger partial charge is 0.325 e. The van der Waals surface area contributed by atoms with E-state index in [2.05, 4.69) is 22.5 Å². The van der Waals surface area contributed by atoms with Crippen LogP contribution < -0.4 is 10.6 Å². The minimum Gasteiger partial charge on any atom is -0.325 e. The fourth-order valence-corrected chi connectivity index (χ4v) is 3.90. The van der Waals surface area contributed by atoms with Gasteiger partial charge in [-0.3, -0.25) is 9.69 Å². The van der Waals surface area contributed by atoms with Crippen LogP contribution in [0.5, 0.6) is 0 Å². The Morgan fingerprint density at radius 2 is 2.14 bits per heavy atom. The number of carbonyl (C=O) groups excluding carboxylic acids is 1. The van der Waals surface area contributed by atoms with Gasteiger partial charge in [0.2, 0.25) is 5.91 Å². The van der Waals surface area contributed by atoms with Crippen molar-refractivity contribution in [1.29, 1.82) is 0 Å². The number of benzene rings is 1. The molecule has 2 aliphatic rings. The number of fused-ring (bicyclic) bond motifs is 1. The SMILES string of the molecule is CCC1C2CNCC2CN1CC(=O)Nc1ccc(Cl)cc1. The molecule has 2 fully saturated rings. The molecule has 2 N–H and O–H groups in total. The molecule has 1 aromatic carbocycles. The molecule has 2 heterocycles. The predicted molar refractivity (Wildman–Crippen MR) is 85.6 cm³/mol. The molecule has 1 aromatic rings. The second kappa shape index (κ2) is 6.34. The minimum atomic E-state index is 0.0590. The summed E-state index contributed by atoms with van der Waals surface area (Å²) >= 11 is 5.85. The van der Waals surface area contributed by atoms with E-state index >= 15 is 0 Å². The maximum Gasteiger partial charge on any atom is 0.238 e. The van der Waals surface area contributed by atoms with Gasteiger partial charge in [0.15, 0.2) is 0 Å². The number of nitrogens with zero attached hydrogens (tertiary/aromatic N) is 1. The molecule has 4 nitrogen and oxygen atoms in total. The van der Waals surface area contributed by atoms with E-state index in [0.717, 1.165) is 31.7 Å². The third-order valence-electron chi connectivity index (χ3n) is 4.72. The van der Waals surface area contributed by atoms with Crippen LogP contribution in [0.2, 0.25) is 5.02 Å². The Morgan fingerprint density at radius 3 is 2.86 bits per heavy atom. The smallest absolute Gasteiger partial charge is 0.238 e. The number of hydrogen-bond acceptors (Lipinski definition) is 3. The van der Waals surface area contributed by atoms with Crippen LogP contribution in [0.25, 0.3) is 0 Å². The fourth-order valence-electron chi connectivity index (χ4n) is 3.77. The van der Waals surface area contributed by atoms with E-state index in [-0.39, 0.29) is 5.91 Å². The number of amides is 1. The van der Waals surface area contributed by atoms with Gasteiger partial charge < -0.3 is 10.6 Å². The second-order valence-corrected chi connectivity index (χ2v) is 6.48. The third-order valence-corrected chi connectivity index (χ3v) is 4.97. The van der Waals surface area contributed by atoms with Crippen molar-refractivity contribution in [2.45, 2.75) is 19.4 Å². The molecule has 21 heavy (non-hydrogen) atoms. The van der Waals surface area contributed by atoms with E-state index in [1.807, 2.05) is 12.1 Å². The number of hydrogen-bond donors (Lipinski definition) is 2. The molecule has 0 radical (unpaired) electrons. The molecule has 0 bridgehead atoms. The average Bonchev–Trinajstić information content (AvgIpc) is 3.01. The first kappa shape index (κ1) is 14.8. The van der Waals surface area contributed by atoms with E-state index in [4.69, 9.17) is 11.6 Å². The lowest BCUT2D eigenvalue weighted by molar-refractivity contribution is -0.117. The Hall–Kier alpha value is -1.10. The number of likely N-dealkylation sites (tertiary alicyclic amines) is 1. The summed E-state index contributed by atoms with van der Waals surface area (Å²) in [6, 6.07) is 7.77. The predicted octanol–water partition coefficient (Wildman–Crippen LogP) is 2.21. The van der Waals surface area contributed by atoms with Gasteiger partial charge in [-0.2, -0.15) is 0 Å². The number of rotatable bonds is 4. The Morgan fingerprint density at radius 1 is 1.38 bits per heavy atom. The van der Waals surface area contributed by atoms with E-state index < -0.39 is 0 Å². The van der Waals surface area contributed by atoms with Gasteiger partial charge in [0.1, 0.15) is 0 Å². The van der Waals surface area contributed by atoms with Gasteiger partial charge in [-0.25, -0.2) is 0 Å². The Kier molecular flexibility index (Phi) is 4.48. The Labute approximate surface area is 130 Å². The first-order valence-electron chi connectivity index (χ1n) is 7.67. The molecule has 5 heteroatoms. The topological polar surface area (TPSA) is 44.4 Å². The first-order chi connectivity index (χ1) is 10.2. The van der Waals surface area contributed by atoms with Crippen LogP contribution >= 0.6 is 11.6 Å². The van der Waals surface area contributed by atoms with Gasteiger partial charge in [0.25, 0.3) is 0 Å². The van der Waals surface area contributed by atoms with Gasteiger partial charge in [-0.05, 0) is 55.6 Å². The summed E-state index contributed by atoms with van der Waals surface area (Å²) in [4.78, 5) is 14.6. The van der Waals surface area contributed by atoms with Crippen LogP contribution in [0.1, 0.15) is 13.3 Å². The van der Waals surface area contributed by atoms with Crippen molar-refractivity contribution in [2.75, 3.05) is 31.5 Å². The molecule has 0 aliphatic carbocycles. The molecule has 2 saturated heterocycles. The van der Waals surface area contributed by atoms with Gasteiger partial charge in [0.05, 0.1) is 6.54 Å². The van der Waals surface area contributed by atoms with Gasteiger partial charge in [-0.1, -0.05) is 18.5 Å². The summed E-state index contributed by atoms with van der Waals surface area (Å²) in [6.07, 6.45) is 1.11. The van der Waals surface area contributed by atoms with E-state index in [9.17, 15) is 4.79 Å². The molecular formula is C16H22ClN3O. The molecule has 3 unspecified atom stereocenters. The molecule has 3 rings (SSSR count). The van der Waals surface area contributed by atoms with E-state index in [1.165, 1.54) is 0 Å². The van der Waals surface area contributed by atoms with Crippen LogP contribution in [-0.2, 0) is 4.79 Å². The van der Waals surface area contributed by atoms with Crippen molar-refractivity contribution in [3.8, 4) is 0 Å². The maximum atomic E-state index is 12.2. The highest BCUT2D eigenvalue weighted by atomic mass is 35.5. The molecule has 0 spiro atoms. The Bertz CT molecular complexity index is 505. The van der Waals surface area contributed by atoms with Gasteiger partial charge in [-0.15, -0.1) is 0 Å². The van der Waals surface area contributed by atoms with E-state index in [1.54, 1.807) is 12.1 Å². The minimum absolute atomic E-state index is 0.0590. The van der Waals surface area contributed by atoms with Crippen molar-refractivity contribution < 1.29 is 4.79 Å². The number of nitrogens with one attached hydrogen (secondary N) is 2. The van der Waals surface area contributed by atoms with Crippen LogP contribution in [-0.4, -0.2) is 43.0 Å². The summed E-state index contributed by atoms with van der Waals surface area (Å²) in [7, 11) is 0. The van der Waals surface area contributed by atoms with Gasteiger partial charge >= 0.3 is 0 Å². The highest BCUT2D eigenvalue weighted by molar-refractivity contribution is 6.30. The lowest BCUT2D eigenvalue weighted by Gasteiger charge is -2.26. The summed E-state index contributed by atoms with van der Waals surface area (Å²) in [5.41, 5.74) is 0.804. The van der Waals surface area contributed by atoms with Crippen LogP contribution in [0.4, 0.5) is 5.69 Å². The Balaban J connectivity index is 1.58. The zero-order valence-electron chi connectivity index (χ0n) is 12.3. The summed E-state index contributed by atoms with van der Waals surface area (Å²) in [5, 5.41) is 7.10. The molecular weight excluding hydrogens is 286 g/mol. The van der Waals surface area contributed by atoms with E-state index in [0.29, 0.717) is 29.4 Å². The van der Waals surface area contributed by atoms with Crippen molar-refractivity contribution in [3.63, 3.8) is 0 Å².